The summed E-state index contributed by atoms with van der Waals surface area (Å²) in [5, 5.41) is 2.11. The number of Topliss-reactive ketones (excluding diaryl/α,β-unsaturated/α-hetero) is 1. The molecule has 0 unspecified atom stereocenters. The predicted molar refractivity (Wildman–Crippen MR) is 123 cm³/mol. The Labute approximate surface area is 192 Å². The first-order valence-electron chi connectivity index (χ1n) is 11.5. The summed E-state index contributed by atoms with van der Waals surface area (Å²) in [6.07, 6.45) is 2.56. The molecule has 0 N–H and O–H groups in total. The third-order valence-electron chi connectivity index (χ3n) is 7.41. The maximum Gasteiger partial charge on any atom is 0.294 e. The quantitative estimate of drug-likeness (QED) is 0.518. The lowest BCUT2D eigenvalue weighted by atomic mass is 9.90. The van der Waals surface area contributed by atoms with Gasteiger partial charge in [0, 0.05) is 62.2 Å². The van der Waals surface area contributed by atoms with E-state index in [1.54, 1.807) is 40.5 Å². The van der Waals surface area contributed by atoms with Crippen molar-refractivity contribution in [3.8, 4) is 0 Å². The van der Waals surface area contributed by atoms with Crippen LogP contribution in [0.3, 0.4) is 0 Å². The molecule has 32 heavy (non-hydrogen) atoms. The average molecular weight is 452 g/mol. The molecule has 2 amide bonds. The Morgan fingerprint density at radius 3 is 2.25 bits per heavy atom. The Hall–Kier alpha value is -2.51. The Bertz CT molecular complexity index is 975. The summed E-state index contributed by atoms with van der Waals surface area (Å²) in [4.78, 5) is 45.8. The molecule has 1 aliphatic carbocycles. The number of piperidine rings is 1. The summed E-state index contributed by atoms with van der Waals surface area (Å²) < 4.78 is 0. The van der Waals surface area contributed by atoms with Crippen molar-refractivity contribution in [2.24, 2.45) is 11.3 Å². The SMILES string of the molecule is O=C(C(=O)N1CCC2(CC1)C[C@H]2C(=O)N1CCN(Cc2cccs2)CC1)c1ccccc1. The minimum atomic E-state index is -0.439. The molecule has 1 aromatic heterocycles. The fourth-order valence-electron chi connectivity index (χ4n) is 5.23. The second kappa shape index (κ2) is 8.79. The Kier molecular flexibility index (Phi) is 5.86. The van der Waals surface area contributed by atoms with Crippen molar-refractivity contribution >= 4 is 28.9 Å². The van der Waals surface area contributed by atoms with E-state index in [0.717, 1.165) is 52.0 Å². The number of carbonyl (C=O) groups excluding carboxylic acids is 3. The van der Waals surface area contributed by atoms with Gasteiger partial charge in [-0.1, -0.05) is 36.4 Å². The zero-order valence-corrected chi connectivity index (χ0v) is 19.1. The van der Waals surface area contributed by atoms with Crippen molar-refractivity contribution in [2.75, 3.05) is 39.3 Å². The molecule has 1 aromatic carbocycles. The highest BCUT2D eigenvalue weighted by molar-refractivity contribution is 7.09. The molecule has 0 radical (unpaired) electrons. The van der Waals surface area contributed by atoms with E-state index in [0.29, 0.717) is 24.6 Å². The van der Waals surface area contributed by atoms with Crippen molar-refractivity contribution < 1.29 is 14.4 Å². The van der Waals surface area contributed by atoms with E-state index in [2.05, 4.69) is 22.4 Å². The molecule has 3 heterocycles. The van der Waals surface area contributed by atoms with Gasteiger partial charge in [-0.3, -0.25) is 19.3 Å². The van der Waals surface area contributed by atoms with Gasteiger partial charge >= 0.3 is 0 Å². The molecule has 0 bridgehead atoms. The second-order valence-corrected chi connectivity index (χ2v) is 10.3. The van der Waals surface area contributed by atoms with E-state index in [1.807, 2.05) is 11.0 Å². The highest BCUT2D eigenvalue weighted by Crippen LogP contribution is 2.60. The van der Waals surface area contributed by atoms with Crippen LogP contribution in [0.4, 0.5) is 0 Å². The van der Waals surface area contributed by atoms with Crippen LogP contribution in [0.2, 0.25) is 0 Å². The fourth-order valence-corrected chi connectivity index (χ4v) is 5.98. The molecule has 5 rings (SSSR count). The summed E-state index contributed by atoms with van der Waals surface area (Å²) in [6, 6.07) is 13.0. The van der Waals surface area contributed by atoms with E-state index in [4.69, 9.17) is 0 Å². The second-order valence-electron chi connectivity index (χ2n) is 9.29. The van der Waals surface area contributed by atoms with Gasteiger partial charge in [0.15, 0.2) is 0 Å². The maximum atomic E-state index is 13.1. The standard InChI is InChI=1S/C25H29N3O3S/c29-22(19-5-2-1-3-6-19)24(31)27-10-8-25(9-11-27)17-21(25)23(30)28-14-12-26(13-15-28)18-20-7-4-16-32-20/h1-7,16,21H,8-15,17-18H2/t21-/m0/s1. The molecule has 6 nitrogen and oxygen atoms in total. The number of nitrogens with zero attached hydrogens (tertiary/aromatic N) is 3. The molecular weight excluding hydrogens is 422 g/mol. The van der Waals surface area contributed by atoms with E-state index < -0.39 is 11.7 Å². The highest BCUT2D eigenvalue weighted by Gasteiger charge is 2.59. The molecule has 2 saturated heterocycles. The Balaban J connectivity index is 1.10. The first-order chi connectivity index (χ1) is 15.6. The zero-order chi connectivity index (χ0) is 22.1. The third-order valence-corrected chi connectivity index (χ3v) is 8.27. The van der Waals surface area contributed by atoms with Crippen LogP contribution in [0.25, 0.3) is 0 Å². The van der Waals surface area contributed by atoms with Crippen LogP contribution < -0.4 is 0 Å². The third kappa shape index (κ3) is 4.24. The molecule has 2 aliphatic heterocycles. The minimum absolute atomic E-state index is 0.0394. The number of ketones is 1. The normalized spacial score (nSPS) is 22.7. The van der Waals surface area contributed by atoms with E-state index >= 15 is 0 Å². The summed E-state index contributed by atoms with van der Waals surface area (Å²) in [6.45, 7) is 5.55. The monoisotopic (exact) mass is 451 g/mol. The van der Waals surface area contributed by atoms with E-state index in [9.17, 15) is 14.4 Å². The van der Waals surface area contributed by atoms with E-state index in [-0.39, 0.29) is 11.3 Å². The van der Waals surface area contributed by atoms with Gasteiger partial charge in [0.05, 0.1) is 0 Å². The topological polar surface area (TPSA) is 60.9 Å². The summed E-state index contributed by atoms with van der Waals surface area (Å²) in [5.41, 5.74) is 0.480. The zero-order valence-electron chi connectivity index (χ0n) is 18.2. The Morgan fingerprint density at radius 1 is 0.875 bits per heavy atom. The number of benzene rings is 1. The van der Waals surface area contributed by atoms with Crippen LogP contribution in [0.15, 0.2) is 47.8 Å². The summed E-state index contributed by atoms with van der Waals surface area (Å²) in [5.74, 6) is -0.476. The molecule has 2 aromatic rings. The number of thiophene rings is 1. The van der Waals surface area contributed by atoms with Crippen LogP contribution >= 0.6 is 11.3 Å². The van der Waals surface area contributed by atoms with Gasteiger partial charge in [-0.2, -0.15) is 0 Å². The first-order valence-corrected chi connectivity index (χ1v) is 12.4. The largest absolute Gasteiger partial charge is 0.340 e. The molecule has 3 aliphatic rings. The van der Waals surface area contributed by atoms with Crippen LogP contribution in [0, 0.1) is 11.3 Å². The lowest BCUT2D eigenvalue weighted by molar-refractivity contribution is -0.135. The van der Waals surface area contributed by atoms with Crippen molar-refractivity contribution in [2.45, 2.75) is 25.8 Å². The minimum Gasteiger partial charge on any atom is -0.340 e. The van der Waals surface area contributed by atoms with Crippen molar-refractivity contribution in [3.63, 3.8) is 0 Å². The highest BCUT2D eigenvalue weighted by atomic mass is 32.1. The number of likely N-dealkylation sites (tertiary alicyclic amines) is 1. The van der Waals surface area contributed by atoms with Crippen molar-refractivity contribution in [1.82, 2.24) is 14.7 Å². The molecular formula is C25H29N3O3S. The number of hydrogen-bond acceptors (Lipinski definition) is 5. The lowest BCUT2D eigenvalue weighted by Crippen LogP contribution is -2.49. The number of rotatable bonds is 5. The van der Waals surface area contributed by atoms with Gasteiger partial charge in [-0.15, -0.1) is 11.3 Å². The number of piperazine rings is 1. The van der Waals surface area contributed by atoms with Crippen LogP contribution in [0.1, 0.15) is 34.5 Å². The maximum absolute atomic E-state index is 13.1. The summed E-state index contributed by atoms with van der Waals surface area (Å²) in [7, 11) is 0. The summed E-state index contributed by atoms with van der Waals surface area (Å²) >= 11 is 1.78. The Morgan fingerprint density at radius 2 is 1.59 bits per heavy atom. The van der Waals surface area contributed by atoms with Gasteiger partial charge in [0.2, 0.25) is 11.7 Å². The van der Waals surface area contributed by atoms with Gasteiger partial charge < -0.3 is 9.80 Å². The number of carbonyl (C=O) groups is 3. The predicted octanol–water partition coefficient (Wildman–Crippen LogP) is 2.90. The molecule has 1 saturated carbocycles. The molecule has 7 heteroatoms. The lowest BCUT2D eigenvalue weighted by Gasteiger charge is -2.36. The van der Waals surface area contributed by atoms with Gasteiger partial charge in [0.25, 0.3) is 5.91 Å². The van der Waals surface area contributed by atoms with Gasteiger partial charge in [-0.05, 0) is 36.1 Å². The number of amides is 2. The molecule has 1 spiro atoms. The van der Waals surface area contributed by atoms with Gasteiger partial charge in [0.1, 0.15) is 0 Å². The van der Waals surface area contributed by atoms with E-state index in [1.165, 1.54) is 4.88 Å². The average Bonchev–Trinajstić information content (AvgIpc) is 3.27. The first kappa shape index (κ1) is 21.3. The van der Waals surface area contributed by atoms with Crippen LogP contribution in [0.5, 0.6) is 0 Å². The number of hydrogen-bond donors (Lipinski definition) is 0. The molecule has 3 fully saturated rings. The molecule has 1 atom stereocenters. The van der Waals surface area contributed by atoms with Crippen molar-refractivity contribution in [3.05, 3.63) is 58.3 Å². The van der Waals surface area contributed by atoms with Crippen LogP contribution in [-0.2, 0) is 16.1 Å². The van der Waals surface area contributed by atoms with Crippen molar-refractivity contribution in [1.29, 1.82) is 0 Å². The van der Waals surface area contributed by atoms with Crippen LogP contribution in [-0.4, -0.2) is 71.6 Å². The fraction of sp³-hybridized carbons (Fsp3) is 0.480. The van der Waals surface area contributed by atoms with Gasteiger partial charge in [-0.25, -0.2) is 0 Å². The molecule has 168 valence electrons. The smallest absolute Gasteiger partial charge is 0.294 e.